The van der Waals surface area contributed by atoms with Crippen LogP contribution in [0.5, 0.6) is 11.5 Å². The van der Waals surface area contributed by atoms with E-state index in [4.69, 9.17) is 9.47 Å². The van der Waals surface area contributed by atoms with Crippen LogP contribution in [0.1, 0.15) is 15.9 Å². The summed E-state index contributed by atoms with van der Waals surface area (Å²) in [5.74, 6) is 1.14. The second-order valence-electron chi connectivity index (χ2n) is 6.86. The number of aromatic nitrogens is 2. The normalized spacial score (nSPS) is 10.5. The first-order valence-corrected chi connectivity index (χ1v) is 10.1. The second-order valence-corrected chi connectivity index (χ2v) is 6.86. The van der Waals surface area contributed by atoms with E-state index in [0.29, 0.717) is 31.1 Å². The summed E-state index contributed by atoms with van der Waals surface area (Å²) in [5, 5.41) is 9.86. The molecule has 0 saturated carbocycles. The number of carbonyl (C=O) groups excluding carboxylic acids is 1. The number of ether oxygens (including phenoxy) is 2. The zero-order valence-corrected chi connectivity index (χ0v) is 17.0. The maximum absolute atomic E-state index is 12.7. The van der Waals surface area contributed by atoms with Crippen molar-refractivity contribution in [2.75, 3.05) is 13.2 Å². The Morgan fingerprint density at radius 2 is 1.58 bits per heavy atom. The van der Waals surface area contributed by atoms with Gasteiger partial charge in [0.15, 0.2) is 0 Å². The molecule has 0 radical (unpaired) electrons. The topological polar surface area (TPSA) is 76.2 Å². The number of amides is 1. The largest absolute Gasteiger partial charge is 0.490 e. The predicted octanol–water partition coefficient (Wildman–Crippen LogP) is 4.46. The summed E-state index contributed by atoms with van der Waals surface area (Å²) in [6.07, 6.45) is 1.72. The number of H-pyrrole nitrogens is 1. The lowest BCUT2D eigenvalue weighted by Gasteiger charge is -2.12. The summed E-state index contributed by atoms with van der Waals surface area (Å²) in [7, 11) is 0. The van der Waals surface area contributed by atoms with Gasteiger partial charge in [-0.1, -0.05) is 54.6 Å². The standard InChI is InChI=1S/C25H23N3O3/c29-25(26-18-19-10-12-20(13-11-19)23-14-15-27-28-23)22-8-4-5-9-24(22)31-17-16-30-21-6-2-1-3-7-21/h1-15H,16-18H2,(H,26,29)(H,27,28). The number of para-hydroxylation sites is 2. The van der Waals surface area contributed by atoms with Crippen LogP contribution in [0.15, 0.2) is 91.1 Å². The van der Waals surface area contributed by atoms with Gasteiger partial charge in [0.1, 0.15) is 24.7 Å². The summed E-state index contributed by atoms with van der Waals surface area (Å²) in [6.45, 7) is 1.16. The van der Waals surface area contributed by atoms with Gasteiger partial charge in [-0.25, -0.2) is 0 Å². The first-order chi connectivity index (χ1) is 15.3. The molecule has 0 aliphatic rings. The Morgan fingerprint density at radius 1 is 0.839 bits per heavy atom. The van der Waals surface area contributed by atoms with Crippen molar-refractivity contribution in [3.05, 3.63) is 102 Å². The third-order valence-electron chi connectivity index (χ3n) is 4.70. The van der Waals surface area contributed by atoms with Gasteiger partial charge in [-0.15, -0.1) is 0 Å². The van der Waals surface area contributed by atoms with Gasteiger partial charge in [0.05, 0.1) is 11.3 Å². The van der Waals surface area contributed by atoms with Crippen LogP contribution in [-0.2, 0) is 6.54 Å². The third kappa shape index (κ3) is 5.51. The fourth-order valence-electron chi connectivity index (χ4n) is 3.10. The Morgan fingerprint density at radius 3 is 2.35 bits per heavy atom. The lowest BCUT2D eigenvalue weighted by molar-refractivity contribution is 0.0945. The molecule has 0 aliphatic heterocycles. The Balaban J connectivity index is 1.30. The number of benzene rings is 3. The molecule has 31 heavy (non-hydrogen) atoms. The summed E-state index contributed by atoms with van der Waals surface area (Å²) in [6, 6.07) is 26.6. The number of carbonyl (C=O) groups is 1. The highest BCUT2D eigenvalue weighted by Crippen LogP contribution is 2.19. The molecule has 3 aromatic carbocycles. The summed E-state index contributed by atoms with van der Waals surface area (Å²) in [4.78, 5) is 12.7. The molecule has 1 heterocycles. The SMILES string of the molecule is O=C(NCc1ccc(-c2ccn[nH]2)cc1)c1ccccc1OCCOc1ccccc1. The van der Waals surface area contributed by atoms with Crippen LogP contribution in [0.3, 0.4) is 0 Å². The van der Waals surface area contributed by atoms with Crippen LogP contribution in [0.4, 0.5) is 0 Å². The zero-order chi connectivity index (χ0) is 21.3. The Labute approximate surface area is 180 Å². The van der Waals surface area contributed by atoms with E-state index in [1.807, 2.05) is 72.8 Å². The van der Waals surface area contributed by atoms with Crippen molar-refractivity contribution in [2.45, 2.75) is 6.54 Å². The van der Waals surface area contributed by atoms with Crippen LogP contribution in [0, 0.1) is 0 Å². The minimum absolute atomic E-state index is 0.183. The Hall–Kier alpha value is -4.06. The van der Waals surface area contributed by atoms with E-state index in [9.17, 15) is 4.79 Å². The van der Waals surface area contributed by atoms with Gasteiger partial charge in [0.25, 0.3) is 5.91 Å². The minimum Gasteiger partial charge on any atom is -0.490 e. The van der Waals surface area contributed by atoms with Crippen LogP contribution >= 0.6 is 0 Å². The number of aromatic amines is 1. The molecule has 0 fully saturated rings. The molecule has 0 spiro atoms. The highest BCUT2D eigenvalue weighted by Gasteiger charge is 2.12. The van der Waals surface area contributed by atoms with Crippen LogP contribution < -0.4 is 14.8 Å². The molecular weight excluding hydrogens is 390 g/mol. The Bertz CT molecular complexity index is 1090. The Kier molecular flexibility index (Phi) is 6.60. The van der Waals surface area contributed by atoms with Crippen molar-refractivity contribution in [2.24, 2.45) is 0 Å². The highest BCUT2D eigenvalue weighted by molar-refractivity contribution is 5.96. The quantitative estimate of drug-likeness (QED) is 0.397. The van der Waals surface area contributed by atoms with E-state index in [0.717, 1.165) is 22.6 Å². The van der Waals surface area contributed by atoms with E-state index >= 15 is 0 Å². The van der Waals surface area contributed by atoms with Gasteiger partial charge in [-0.2, -0.15) is 5.10 Å². The average Bonchev–Trinajstić information content (AvgIpc) is 3.37. The van der Waals surface area contributed by atoms with Crippen LogP contribution in [-0.4, -0.2) is 29.3 Å². The van der Waals surface area contributed by atoms with Gasteiger partial charge in [-0.3, -0.25) is 9.89 Å². The number of nitrogens with zero attached hydrogens (tertiary/aromatic N) is 1. The van der Waals surface area contributed by atoms with Gasteiger partial charge in [-0.05, 0) is 41.5 Å². The van der Waals surface area contributed by atoms with Crippen LogP contribution in [0.25, 0.3) is 11.3 Å². The molecule has 0 bridgehead atoms. The van der Waals surface area contributed by atoms with Crippen molar-refractivity contribution in [3.63, 3.8) is 0 Å². The van der Waals surface area contributed by atoms with E-state index in [-0.39, 0.29) is 5.91 Å². The van der Waals surface area contributed by atoms with E-state index in [1.165, 1.54) is 0 Å². The van der Waals surface area contributed by atoms with Gasteiger partial charge in [0, 0.05) is 12.7 Å². The summed E-state index contributed by atoms with van der Waals surface area (Å²) < 4.78 is 11.4. The van der Waals surface area contributed by atoms with Crippen molar-refractivity contribution in [3.8, 4) is 22.8 Å². The lowest BCUT2D eigenvalue weighted by Crippen LogP contribution is -2.23. The molecule has 6 nitrogen and oxygen atoms in total. The van der Waals surface area contributed by atoms with Gasteiger partial charge in [0.2, 0.25) is 0 Å². The molecular formula is C25H23N3O3. The smallest absolute Gasteiger partial charge is 0.255 e. The van der Waals surface area contributed by atoms with E-state index in [1.54, 1.807) is 18.3 Å². The maximum atomic E-state index is 12.7. The predicted molar refractivity (Wildman–Crippen MR) is 119 cm³/mol. The second kappa shape index (κ2) is 10.1. The van der Waals surface area contributed by atoms with Crippen molar-refractivity contribution < 1.29 is 14.3 Å². The highest BCUT2D eigenvalue weighted by atomic mass is 16.5. The van der Waals surface area contributed by atoms with Crippen molar-refractivity contribution in [1.29, 1.82) is 0 Å². The van der Waals surface area contributed by atoms with Crippen molar-refractivity contribution >= 4 is 5.91 Å². The summed E-state index contributed by atoms with van der Waals surface area (Å²) >= 11 is 0. The molecule has 4 aromatic rings. The number of hydrogen-bond acceptors (Lipinski definition) is 4. The van der Waals surface area contributed by atoms with Gasteiger partial charge < -0.3 is 14.8 Å². The van der Waals surface area contributed by atoms with E-state index < -0.39 is 0 Å². The molecule has 156 valence electrons. The molecule has 6 heteroatoms. The molecule has 2 N–H and O–H groups in total. The minimum atomic E-state index is -0.183. The lowest BCUT2D eigenvalue weighted by atomic mass is 10.1. The molecule has 0 saturated heterocycles. The number of hydrogen-bond donors (Lipinski definition) is 2. The molecule has 4 rings (SSSR count). The first kappa shape index (κ1) is 20.2. The van der Waals surface area contributed by atoms with Gasteiger partial charge >= 0.3 is 0 Å². The first-order valence-electron chi connectivity index (χ1n) is 10.1. The molecule has 0 atom stereocenters. The molecule has 0 aliphatic carbocycles. The summed E-state index contributed by atoms with van der Waals surface area (Å²) in [5.41, 5.74) is 3.50. The molecule has 1 amide bonds. The monoisotopic (exact) mass is 413 g/mol. The average molecular weight is 413 g/mol. The fraction of sp³-hybridized carbons (Fsp3) is 0.120. The van der Waals surface area contributed by atoms with Crippen LogP contribution in [0.2, 0.25) is 0 Å². The number of nitrogens with one attached hydrogen (secondary N) is 2. The maximum Gasteiger partial charge on any atom is 0.255 e. The molecule has 0 unspecified atom stereocenters. The molecule has 1 aromatic heterocycles. The number of rotatable bonds is 9. The third-order valence-corrected chi connectivity index (χ3v) is 4.70. The van der Waals surface area contributed by atoms with E-state index in [2.05, 4.69) is 15.5 Å². The fourth-order valence-corrected chi connectivity index (χ4v) is 3.10. The zero-order valence-electron chi connectivity index (χ0n) is 17.0. The van der Waals surface area contributed by atoms with Crippen molar-refractivity contribution in [1.82, 2.24) is 15.5 Å².